The molecule has 0 amide bonds. The summed E-state index contributed by atoms with van der Waals surface area (Å²) >= 11 is 0. The second-order valence-electron chi connectivity index (χ2n) is 5.35. The fourth-order valence-corrected chi connectivity index (χ4v) is 2.90. The van der Waals surface area contributed by atoms with Crippen LogP contribution in [0.2, 0.25) is 0 Å². The summed E-state index contributed by atoms with van der Waals surface area (Å²) in [6, 6.07) is 1.69. The molecule has 2 aliphatic rings. The average molecular weight is 167 g/mol. The minimum Gasteiger partial charge on any atom is -0.311 e. The van der Waals surface area contributed by atoms with E-state index in [1.807, 2.05) is 0 Å². The van der Waals surface area contributed by atoms with Gasteiger partial charge in [-0.05, 0) is 37.0 Å². The van der Waals surface area contributed by atoms with Crippen molar-refractivity contribution in [2.75, 3.05) is 0 Å². The molecule has 0 spiro atoms. The zero-order chi connectivity index (χ0) is 8.77. The molecule has 0 aromatic carbocycles. The highest BCUT2D eigenvalue weighted by Gasteiger charge is 2.41. The molecular weight excluding hydrogens is 146 g/mol. The number of nitrogens with one attached hydrogen (secondary N) is 1. The summed E-state index contributed by atoms with van der Waals surface area (Å²) in [5.41, 5.74) is 0.622. The van der Waals surface area contributed by atoms with Gasteiger partial charge in [0, 0.05) is 12.1 Å². The van der Waals surface area contributed by atoms with E-state index in [4.69, 9.17) is 0 Å². The number of hydrogen-bond donors (Lipinski definition) is 1. The smallest absolute Gasteiger partial charge is 0.00755 e. The van der Waals surface area contributed by atoms with Crippen molar-refractivity contribution in [3.05, 3.63) is 0 Å². The molecule has 2 heterocycles. The van der Waals surface area contributed by atoms with Crippen LogP contribution in [0.5, 0.6) is 0 Å². The lowest BCUT2D eigenvalue weighted by molar-refractivity contribution is 0.119. The van der Waals surface area contributed by atoms with Gasteiger partial charge in [0.2, 0.25) is 0 Å². The molecule has 1 N–H and O–H groups in total. The number of rotatable bonds is 1. The number of fused-ring (bicyclic) bond motifs is 2. The molecule has 0 radical (unpaired) electrons. The largest absolute Gasteiger partial charge is 0.311 e. The van der Waals surface area contributed by atoms with Crippen LogP contribution < -0.4 is 5.32 Å². The van der Waals surface area contributed by atoms with Gasteiger partial charge in [-0.25, -0.2) is 0 Å². The topological polar surface area (TPSA) is 12.0 Å². The van der Waals surface area contributed by atoms with Crippen molar-refractivity contribution in [1.82, 2.24) is 5.32 Å². The predicted molar refractivity (Wildman–Crippen MR) is 52.1 cm³/mol. The van der Waals surface area contributed by atoms with Crippen LogP contribution in [-0.2, 0) is 0 Å². The first-order valence-corrected chi connectivity index (χ1v) is 5.36. The molecule has 70 valence electrons. The van der Waals surface area contributed by atoms with E-state index >= 15 is 0 Å². The molecule has 2 rings (SSSR count). The summed E-state index contributed by atoms with van der Waals surface area (Å²) in [5.74, 6) is 0.850. The summed E-state index contributed by atoms with van der Waals surface area (Å²) in [4.78, 5) is 0. The first-order chi connectivity index (χ1) is 5.60. The van der Waals surface area contributed by atoms with Gasteiger partial charge in [0.05, 0.1) is 0 Å². The van der Waals surface area contributed by atoms with Gasteiger partial charge in [0.1, 0.15) is 0 Å². The lowest BCUT2D eigenvalue weighted by Gasteiger charge is -2.41. The Hall–Kier alpha value is -0.0400. The molecule has 2 atom stereocenters. The van der Waals surface area contributed by atoms with Gasteiger partial charge in [-0.3, -0.25) is 0 Å². The Kier molecular flexibility index (Phi) is 1.95. The Labute approximate surface area is 75.9 Å². The fraction of sp³-hybridized carbons (Fsp3) is 1.00. The normalized spacial score (nSPS) is 47.0. The Morgan fingerprint density at radius 1 is 1.17 bits per heavy atom. The van der Waals surface area contributed by atoms with Crippen LogP contribution in [0.1, 0.15) is 46.5 Å². The van der Waals surface area contributed by atoms with E-state index in [1.54, 1.807) is 0 Å². The molecule has 12 heavy (non-hydrogen) atoms. The number of piperidine rings is 1. The first kappa shape index (κ1) is 8.55. The zero-order valence-corrected chi connectivity index (χ0v) is 8.56. The van der Waals surface area contributed by atoms with Crippen molar-refractivity contribution < 1.29 is 0 Å². The van der Waals surface area contributed by atoms with Gasteiger partial charge in [-0.1, -0.05) is 20.8 Å². The monoisotopic (exact) mass is 167 g/mol. The van der Waals surface area contributed by atoms with Gasteiger partial charge >= 0.3 is 0 Å². The standard InChI is InChI=1S/C11H21N/c1-8(2)11(3)6-9-4-5-10(7-11)12-9/h8-10,12H,4-7H2,1-3H3. The van der Waals surface area contributed by atoms with Crippen LogP contribution in [0.4, 0.5) is 0 Å². The lowest BCUT2D eigenvalue weighted by atomic mass is 9.70. The highest BCUT2D eigenvalue weighted by Crippen LogP contribution is 2.44. The van der Waals surface area contributed by atoms with Gasteiger partial charge in [0.25, 0.3) is 0 Å². The molecule has 0 aliphatic carbocycles. The summed E-state index contributed by atoms with van der Waals surface area (Å²) < 4.78 is 0. The minimum atomic E-state index is 0.622. The van der Waals surface area contributed by atoms with Crippen molar-refractivity contribution in [2.24, 2.45) is 11.3 Å². The lowest BCUT2D eigenvalue weighted by Crippen LogP contribution is -2.45. The molecule has 1 nitrogen and oxygen atoms in total. The Balaban J connectivity index is 2.10. The van der Waals surface area contributed by atoms with Crippen molar-refractivity contribution in [2.45, 2.75) is 58.5 Å². The molecule has 2 bridgehead atoms. The van der Waals surface area contributed by atoms with Crippen LogP contribution in [0, 0.1) is 11.3 Å². The van der Waals surface area contributed by atoms with E-state index in [2.05, 4.69) is 26.1 Å². The van der Waals surface area contributed by atoms with E-state index in [9.17, 15) is 0 Å². The predicted octanol–water partition coefficient (Wildman–Crippen LogP) is 2.56. The van der Waals surface area contributed by atoms with E-state index in [1.165, 1.54) is 25.7 Å². The van der Waals surface area contributed by atoms with Gasteiger partial charge < -0.3 is 5.32 Å². The highest BCUT2D eigenvalue weighted by atomic mass is 15.0. The molecule has 2 aliphatic heterocycles. The molecule has 2 saturated heterocycles. The summed E-state index contributed by atoms with van der Waals surface area (Å²) in [6.07, 6.45) is 5.66. The van der Waals surface area contributed by atoms with E-state index < -0.39 is 0 Å². The van der Waals surface area contributed by atoms with Gasteiger partial charge in [-0.2, -0.15) is 0 Å². The molecular formula is C11H21N. The van der Waals surface area contributed by atoms with E-state index in [0.717, 1.165) is 18.0 Å². The Morgan fingerprint density at radius 2 is 1.67 bits per heavy atom. The van der Waals surface area contributed by atoms with E-state index in [-0.39, 0.29) is 0 Å². The average Bonchev–Trinajstić information content (AvgIpc) is 2.30. The minimum absolute atomic E-state index is 0.622. The molecule has 0 saturated carbocycles. The third kappa shape index (κ3) is 1.28. The van der Waals surface area contributed by atoms with Crippen molar-refractivity contribution in [3.63, 3.8) is 0 Å². The summed E-state index contributed by atoms with van der Waals surface area (Å²) in [7, 11) is 0. The molecule has 2 unspecified atom stereocenters. The van der Waals surface area contributed by atoms with Crippen LogP contribution >= 0.6 is 0 Å². The maximum atomic E-state index is 3.70. The molecule has 1 heteroatoms. The van der Waals surface area contributed by atoms with Crippen LogP contribution in [0.3, 0.4) is 0 Å². The van der Waals surface area contributed by atoms with Crippen molar-refractivity contribution in [1.29, 1.82) is 0 Å². The van der Waals surface area contributed by atoms with Gasteiger partial charge in [0.15, 0.2) is 0 Å². The van der Waals surface area contributed by atoms with Gasteiger partial charge in [-0.15, -0.1) is 0 Å². The second-order valence-corrected chi connectivity index (χ2v) is 5.35. The number of hydrogen-bond acceptors (Lipinski definition) is 1. The van der Waals surface area contributed by atoms with Crippen molar-refractivity contribution >= 4 is 0 Å². The van der Waals surface area contributed by atoms with Crippen LogP contribution in [0.25, 0.3) is 0 Å². The molecule has 2 fully saturated rings. The quantitative estimate of drug-likeness (QED) is 0.633. The Morgan fingerprint density at radius 3 is 2.08 bits per heavy atom. The fourth-order valence-electron chi connectivity index (χ4n) is 2.90. The summed E-state index contributed by atoms with van der Waals surface area (Å²) in [5, 5.41) is 3.70. The van der Waals surface area contributed by atoms with E-state index in [0.29, 0.717) is 5.41 Å². The highest BCUT2D eigenvalue weighted by molar-refractivity contribution is 4.98. The Bertz CT molecular complexity index is 162. The second kappa shape index (κ2) is 2.73. The maximum absolute atomic E-state index is 3.70. The van der Waals surface area contributed by atoms with Crippen LogP contribution in [-0.4, -0.2) is 12.1 Å². The third-order valence-corrected chi connectivity index (χ3v) is 4.15. The summed E-state index contributed by atoms with van der Waals surface area (Å²) in [6.45, 7) is 7.24. The SMILES string of the molecule is CC(C)C1(C)CC2CCC(C1)N2. The maximum Gasteiger partial charge on any atom is 0.00755 e. The van der Waals surface area contributed by atoms with Crippen molar-refractivity contribution in [3.8, 4) is 0 Å². The zero-order valence-electron chi connectivity index (χ0n) is 8.56. The molecule has 0 aromatic heterocycles. The first-order valence-electron chi connectivity index (χ1n) is 5.36. The third-order valence-electron chi connectivity index (χ3n) is 4.15. The molecule has 0 aromatic rings. The van der Waals surface area contributed by atoms with Crippen LogP contribution in [0.15, 0.2) is 0 Å².